The Labute approximate surface area is 94.1 Å². The van der Waals surface area contributed by atoms with Crippen LogP contribution < -0.4 is 9.47 Å². The lowest BCUT2D eigenvalue weighted by atomic mass is 10.0. The number of esters is 1. The highest BCUT2D eigenvalue weighted by molar-refractivity contribution is 5.66. The monoisotopic (exact) mass is 222 g/mol. The van der Waals surface area contributed by atoms with Gasteiger partial charge in [0.25, 0.3) is 0 Å². The van der Waals surface area contributed by atoms with Gasteiger partial charge in [-0.1, -0.05) is 0 Å². The Morgan fingerprint density at radius 2 is 2.31 bits per heavy atom. The molecule has 86 valence electrons. The quantitative estimate of drug-likeness (QED) is 0.719. The van der Waals surface area contributed by atoms with Crippen molar-refractivity contribution in [3.8, 4) is 11.5 Å². The smallest absolute Gasteiger partial charge is 0.303 e. The molecule has 1 heterocycles. The average Bonchev–Trinajstić information content (AvgIpc) is 2.28. The second-order valence-corrected chi connectivity index (χ2v) is 3.64. The number of methoxy groups -OCH3 is 1. The van der Waals surface area contributed by atoms with Crippen LogP contribution in [0, 0.1) is 0 Å². The van der Waals surface area contributed by atoms with E-state index in [0.717, 1.165) is 17.1 Å². The van der Waals surface area contributed by atoms with E-state index in [4.69, 9.17) is 14.2 Å². The molecule has 0 bridgehead atoms. The van der Waals surface area contributed by atoms with Gasteiger partial charge in [-0.2, -0.15) is 0 Å². The fourth-order valence-electron chi connectivity index (χ4n) is 1.79. The Hall–Kier alpha value is -1.71. The van der Waals surface area contributed by atoms with Crippen LogP contribution in [0.4, 0.5) is 0 Å². The molecule has 1 aromatic rings. The molecule has 1 aromatic carbocycles. The molecule has 1 unspecified atom stereocenters. The van der Waals surface area contributed by atoms with Crippen LogP contribution in [0.25, 0.3) is 0 Å². The van der Waals surface area contributed by atoms with Gasteiger partial charge in [0.15, 0.2) is 0 Å². The molecule has 0 saturated heterocycles. The van der Waals surface area contributed by atoms with Gasteiger partial charge in [0, 0.05) is 18.9 Å². The number of fused-ring (bicyclic) bond motifs is 1. The van der Waals surface area contributed by atoms with Crippen LogP contribution in [0.2, 0.25) is 0 Å². The minimum Gasteiger partial charge on any atom is -0.497 e. The lowest BCUT2D eigenvalue weighted by molar-refractivity contribution is -0.148. The molecule has 0 aliphatic carbocycles. The third-order valence-corrected chi connectivity index (χ3v) is 2.51. The molecule has 4 nitrogen and oxygen atoms in total. The molecule has 0 saturated carbocycles. The van der Waals surface area contributed by atoms with Gasteiger partial charge in [-0.3, -0.25) is 4.79 Å². The van der Waals surface area contributed by atoms with Gasteiger partial charge in [-0.25, -0.2) is 0 Å². The number of carbonyl (C=O) groups excluding carboxylic acids is 1. The van der Waals surface area contributed by atoms with E-state index in [2.05, 4.69) is 0 Å². The zero-order valence-corrected chi connectivity index (χ0v) is 9.36. The minimum absolute atomic E-state index is 0.226. The van der Waals surface area contributed by atoms with E-state index in [-0.39, 0.29) is 12.1 Å². The number of hydrogen-bond acceptors (Lipinski definition) is 4. The number of hydrogen-bond donors (Lipinski definition) is 0. The third kappa shape index (κ3) is 2.10. The molecule has 16 heavy (non-hydrogen) atoms. The molecule has 0 spiro atoms. The Kier molecular flexibility index (Phi) is 2.99. The molecule has 0 amide bonds. The first-order valence-electron chi connectivity index (χ1n) is 5.18. The molecule has 0 fully saturated rings. The molecule has 0 N–H and O–H groups in total. The van der Waals surface area contributed by atoms with E-state index < -0.39 is 0 Å². The van der Waals surface area contributed by atoms with Crippen molar-refractivity contribution in [1.82, 2.24) is 0 Å². The maximum absolute atomic E-state index is 11.0. The van der Waals surface area contributed by atoms with Crippen LogP contribution in [-0.4, -0.2) is 19.7 Å². The van der Waals surface area contributed by atoms with Crippen LogP contribution in [0.15, 0.2) is 18.2 Å². The SMILES string of the molecule is COc1ccc2c(c1)C(OC(C)=O)CCO2. The van der Waals surface area contributed by atoms with Gasteiger partial charge in [0.1, 0.15) is 17.6 Å². The van der Waals surface area contributed by atoms with Crippen molar-refractivity contribution in [2.24, 2.45) is 0 Å². The molecule has 4 heteroatoms. The van der Waals surface area contributed by atoms with Crippen molar-refractivity contribution in [2.45, 2.75) is 19.4 Å². The summed E-state index contributed by atoms with van der Waals surface area (Å²) in [6.07, 6.45) is 0.455. The first kappa shape index (κ1) is 10.8. The highest BCUT2D eigenvalue weighted by Gasteiger charge is 2.24. The van der Waals surface area contributed by atoms with Crippen molar-refractivity contribution in [3.05, 3.63) is 23.8 Å². The molecular weight excluding hydrogens is 208 g/mol. The molecule has 1 aliphatic rings. The number of benzene rings is 1. The first-order chi connectivity index (χ1) is 7.70. The van der Waals surface area contributed by atoms with Crippen LogP contribution in [0.3, 0.4) is 0 Å². The van der Waals surface area contributed by atoms with Crippen molar-refractivity contribution < 1.29 is 19.0 Å². The lowest BCUT2D eigenvalue weighted by Crippen LogP contribution is -2.18. The van der Waals surface area contributed by atoms with E-state index in [9.17, 15) is 4.79 Å². The Morgan fingerprint density at radius 1 is 1.50 bits per heavy atom. The van der Waals surface area contributed by atoms with Gasteiger partial charge in [-0.05, 0) is 18.2 Å². The average molecular weight is 222 g/mol. The Bertz CT molecular complexity index is 400. The summed E-state index contributed by atoms with van der Waals surface area (Å²) in [7, 11) is 1.60. The fourth-order valence-corrected chi connectivity index (χ4v) is 1.79. The highest BCUT2D eigenvalue weighted by atomic mass is 16.5. The maximum Gasteiger partial charge on any atom is 0.303 e. The predicted molar refractivity (Wildman–Crippen MR) is 57.6 cm³/mol. The highest BCUT2D eigenvalue weighted by Crippen LogP contribution is 2.36. The minimum atomic E-state index is -0.277. The number of carbonyl (C=O) groups is 1. The fraction of sp³-hybridized carbons (Fsp3) is 0.417. The van der Waals surface area contributed by atoms with E-state index in [1.165, 1.54) is 6.92 Å². The van der Waals surface area contributed by atoms with E-state index in [1.54, 1.807) is 7.11 Å². The van der Waals surface area contributed by atoms with Gasteiger partial charge in [0.2, 0.25) is 0 Å². The summed E-state index contributed by atoms with van der Waals surface area (Å²) in [5.74, 6) is 1.22. The summed E-state index contributed by atoms with van der Waals surface area (Å²) in [6, 6.07) is 5.51. The van der Waals surface area contributed by atoms with Crippen LogP contribution >= 0.6 is 0 Å². The second kappa shape index (κ2) is 4.43. The van der Waals surface area contributed by atoms with Crippen molar-refractivity contribution in [3.63, 3.8) is 0 Å². The van der Waals surface area contributed by atoms with Crippen molar-refractivity contribution >= 4 is 5.97 Å². The van der Waals surface area contributed by atoms with Gasteiger partial charge < -0.3 is 14.2 Å². The molecule has 2 rings (SSSR count). The van der Waals surface area contributed by atoms with Crippen molar-refractivity contribution in [1.29, 1.82) is 0 Å². The normalized spacial score (nSPS) is 18.2. The third-order valence-electron chi connectivity index (χ3n) is 2.51. The molecule has 1 aliphatic heterocycles. The topological polar surface area (TPSA) is 44.8 Å². The molecule has 0 radical (unpaired) electrons. The number of rotatable bonds is 2. The van der Waals surface area contributed by atoms with Crippen LogP contribution in [-0.2, 0) is 9.53 Å². The predicted octanol–water partition coefficient (Wildman–Crippen LogP) is 2.08. The summed E-state index contributed by atoms with van der Waals surface area (Å²) in [5, 5.41) is 0. The Balaban J connectivity index is 2.31. The van der Waals surface area contributed by atoms with Crippen molar-refractivity contribution in [2.75, 3.05) is 13.7 Å². The molecule has 0 aromatic heterocycles. The molecular formula is C12H14O4. The first-order valence-corrected chi connectivity index (χ1v) is 5.18. The van der Waals surface area contributed by atoms with Gasteiger partial charge in [-0.15, -0.1) is 0 Å². The summed E-state index contributed by atoms with van der Waals surface area (Å²) >= 11 is 0. The van der Waals surface area contributed by atoms with Crippen LogP contribution in [0.5, 0.6) is 11.5 Å². The van der Waals surface area contributed by atoms with E-state index in [1.807, 2.05) is 18.2 Å². The summed E-state index contributed by atoms with van der Waals surface area (Å²) in [4.78, 5) is 11.0. The summed E-state index contributed by atoms with van der Waals surface area (Å²) in [6.45, 7) is 1.98. The van der Waals surface area contributed by atoms with Crippen LogP contribution in [0.1, 0.15) is 25.0 Å². The zero-order chi connectivity index (χ0) is 11.5. The lowest BCUT2D eigenvalue weighted by Gasteiger charge is -2.25. The molecule has 1 atom stereocenters. The largest absolute Gasteiger partial charge is 0.497 e. The van der Waals surface area contributed by atoms with Gasteiger partial charge >= 0.3 is 5.97 Å². The maximum atomic E-state index is 11.0. The van der Waals surface area contributed by atoms with Gasteiger partial charge in [0.05, 0.1) is 13.7 Å². The Morgan fingerprint density at radius 3 is 3.00 bits per heavy atom. The standard InChI is InChI=1S/C12H14O4/c1-8(13)16-12-5-6-15-11-4-3-9(14-2)7-10(11)12/h3-4,7,12H,5-6H2,1-2H3. The summed E-state index contributed by atoms with van der Waals surface area (Å²) in [5.41, 5.74) is 0.876. The summed E-state index contributed by atoms with van der Waals surface area (Å²) < 4.78 is 15.9. The second-order valence-electron chi connectivity index (χ2n) is 3.64. The van der Waals surface area contributed by atoms with E-state index in [0.29, 0.717) is 13.0 Å². The number of ether oxygens (including phenoxy) is 3. The zero-order valence-electron chi connectivity index (χ0n) is 9.36. The van der Waals surface area contributed by atoms with E-state index >= 15 is 0 Å².